The van der Waals surface area contributed by atoms with Gasteiger partial charge < -0.3 is 9.73 Å². The molecular formula is C18H22N4O6. The van der Waals surface area contributed by atoms with Crippen LogP contribution in [0, 0.1) is 5.92 Å². The van der Waals surface area contributed by atoms with E-state index in [1.54, 1.807) is 12.1 Å². The second-order valence-corrected chi connectivity index (χ2v) is 6.99. The van der Waals surface area contributed by atoms with Crippen molar-refractivity contribution in [1.29, 1.82) is 0 Å². The molecule has 3 rings (SSSR count). The Morgan fingerprint density at radius 3 is 2.61 bits per heavy atom. The van der Waals surface area contributed by atoms with Crippen molar-refractivity contribution in [3.05, 3.63) is 24.2 Å². The molecule has 2 heterocycles. The topological polar surface area (TPSA) is 129 Å². The molecule has 0 bridgehead atoms. The van der Waals surface area contributed by atoms with Crippen molar-refractivity contribution in [3.63, 3.8) is 0 Å². The summed E-state index contributed by atoms with van der Waals surface area (Å²) in [5.41, 5.74) is 0. The van der Waals surface area contributed by atoms with Crippen LogP contribution in [0.4, 0.5) is 9.59 Å². The van der Waals surface area contributed by atoms with E-state index in [0.29, 0.717) is 17.1 Å². The number of amides is 7. The molecule has 10 heteroatoms. The molecule has 10 nitrogen and oxygen atoms in total. The predicted molar refractivity (Wildman–Crippen MR) is 94.5 cm³/mol. The molecule has 1 aliphatic carbocycles. The molecule has 1 aromatic heterocycles. The highest BCUT2D eigenvalue weighted by atomic mass is 16.3. The van der Waals surface area contributed by atoms with Gasteiger partial charge in [0.05, 0.1) is 12.8 Å². The van der Waals surface area contributed by atoms with Crippen molar-refractivity contribution in [2.75, 3.05) is 6.54 Å². The van der Waals surface area contributed by atoms with Crippen molar-refractivity contribution >= 4 is 29.8 Å². The zero-order valence-electron chi connectivity index (χ0n) is 15.5. The zero-order chi connectivity index (χ0) is 20.3. The van der Waals surface area contributed by atoms with E-state index >= 15 is 0 Å². The van der Waals surface area contributed by atoms with Crippen LogP contribution in [0.5, 0.6) is 0 Å². The molecule has 0 spiro atoms. The quantitative estimate of drug-likeness (QED) is 0.569. The number of hydrogen-bond acceptors (Lipinski definition) is 6. The van der Waals surface area contributed by atoms with E-state index in [2.05, 4.69) is 5.32 Å². The smallest absolute Gasteiger partial charge is 0.334 e. The van der Waals surface area contributed by atoms with Gasteiger partial charge in [0, 0.05) is 6.04 Å². The summed E-state index contributed by atoms with van der Waals surface area (Å²) in [7, 11) is 0. The molecule has 1 aliphatic heterocycles. The third-order valence-corrected chi connectivity index (χ3v) is 5.04. The van der Waals surface area contributed by atoms with Gasteiger partial charge in [-0.1, -0.05) is 19.8 Å². The second kappa shape index (κ2) is 8.24. The second-order valence-electron chi connectivity index (χ2n) is 6.99. The molecule has 28 heavy (non-hydrogen) atoms. The Labute approximate surface area is 161 Å². The fourth-order valence-electron chi connectivity index (χ4n) is 3.57. The molecule has 1 aromatic rings. The molecule has 2 N–H and O–H groups in total. The van der Waals surface area contributed by atoms with Crippen LogP contribution >= 0.6 is 0 Å². The van der Waals surface area contributed by atoms with Crippen LogP contribution in [-0.2, 0) is 20.9 Å². The Hall–Kier alpha value is -3.17. The van der Waals surface area contributed by atoms with Gasteiger partial charge in [-0.2, -0.15) is 0 Å². The molecule has 2 fully saturated rings. The Kier molecular flexibility index (Phi) is 5.76. The summed E-state index contributed by atoms with van der Waals surface area (Å²) in [4.78, 5) is 62.4. The molecule has 0 aromatic carbocycles. The minimum Gasteiger partial charge on any atom is -0.467 e. The van der Waals surface area contributed by atoms with Crippen LogP contribution in [0.15, 0.2) is 22.8 Å². The van der Waals surface area contributed by atoms with E-state index in [4.69, 9.17) is 4.42 Å². The molecule has 0 radical (unpaired) electrons. The average Bonchev–Trinajstić information content (AvgIpc) is 3.25. The Bertz CT molecular complexity index is 790. The van der Waals surface area contributed by atoms with Gasteiger partial charge in [-0.25, -0.2) is 14.5 Å². The number of carbonyl (C=O) groups is 5. The number of urea groups is 2. The molecule has 1 saturated heterocycles. The van der Waals surface area contributed by atoms with Crippen LogP contribution in [0.3, 0.4) is 0 Å². The highest BCUT2D eigenvalue weighted by Crippen LogP contribution is 2.31. The minimum absolute atomic E-state index is 0.0690. The van der Waals surface area contributed by atoms with Crippen LogP contribution in [0.1, 0.15) is 38.4 Å². The largest absolute Gasteiger partial charge is 0.467 e. The van der Waals surface area contributed by atoms with Gasteiger partial charge in [-0.3, -0.25) is 24.6 Å². The van der Waals surface area contributed by atoms with Gasteiger partial charge in [0.15, 0.2) is 0 Å². The maximum absolute atomic E-state index is 12.6. The number of rotatable bonds is 5. The first-order valence-electron chi connectivity index (χ1n) is 9.17. The van der Waals surface area contributed by atoms with Crippen LogP contribution in [-0.4, -0.2) is 52.2 Å². The van der Waals surface area contributed by atoms with Crippen molar-refractivity contribution in [1.82, 2.24) is 20.4 Å². The van der Waals surface area contributed by atoms with Crippen molar-refractivity contribution in [3.8, 4) is 0 Å². The molecule has 1 saturated carbocycles. The summed E-state index contributed by atoms with van der Waals surface area (Å²) in [6.07, 6.45) is 4.84. The maximum atomic E-state index is 12.6. The Morgan fingerprint density at radius 1 is 1.18 bits per heavy atom. The highest BCUT2D eigenvalue weighted by molar-refractivity contribution is 6.45. The summed E-state index contributed by atoms with van der Waals surface area (Å²) in [5, 5.41) is 4.43. The number of carbonyl (C=O) groups excluding carboxylic acids is 5. The lowest BCUT2D eigenvalue weighted by Gasteiger charge is -2.34. The van der Waals surface area contributed by atoms with Gasteiger partial charge in [0.25, 0.3) is 0 Å². The zero-order valence-corrected chi connectivity index (χ0v) is 15.5. The van der Waals surface area contributed by atoms with E-state index < -0.39 is 36.3 Å². The molecule has 2 atom stereocenters. The van der Waals surface area contributed by atoms with Crippen molar-refractivity contribution in [2.45, 2.75) is 45.2 Å². The van der Waals surface area contributed by atoms with Gasteiger partial charge in [0.1, 0.15) is 12.3 Å². The number of nitrogens with one attached hydrogen (secondary N) is 2. The number of furan rings is 1. The predicted octanol–water partition coefficient (Wildman–Crippen LogP) is 0.975. The fraction of sp³-hybridized carbons (Fsp3) is 0.500. The summed E-state index contributed by atoms with van der Waals surface area (Å²) in [5.74, 6) is -2.25. The van der Waals surface area contributed by atoms with E-state index in [9.17, 15) is 24.0 Å². The molecular weight excluding hydrogens is 368 g/mol. The van der Waals surface area contributed by atoms with Crippen LogP contribution in [0.2, 0.25) is 0 Å². The number of hydrogen-bond donors (Lipinski definition) is 2. The lowest BCUT2D eigenvalue weighted by atomic mass is 9.85. The molecule has 7 amide bonds. The summed E-state index contributed by atoms with van der Waals surface area (Å²) < 4.78 is 5.05. The average molecular weight is 390 g/mol. The number of nitrogens with zero attached hydrogens (tertiary/aromatic N) is 2. The SMILES string of the molecule is C[C@H]1CCCC[C@H]1N1C(=O)C(=O)N(CC(=O)NC(=O)NCc2ccco2)C1=O. The van der Waals surface area contributed by atoms with Crippen molar-refractivity contribution in [2.24, 2.45) is 5.92 Å². The van der Waals surface area contributed by atoms with E-state index in [0.717, 1.165) is 24.2 Å². The summed E-state index contributed by atoms with van der Waals surface area (Å²) >= 11 is 0. The highest BCUT2D eigenvalue weighted by Gasteiger charge is 2.49. The fourth-order valence-corrected chi connectivity index (χ4v) is 3.57. The maximum Gasteiger partial charge on any atom is 0.334 e. The third kappa shape index (κ3) is 4.05. The third-order valence-electron chi connectivity index (χ3n) is 5.04. The first kappa shape index (κ1) is 19.6. The van der Waals surface area contributed by atoms with Gasteiger partial charge in [-0.05, 0) is 30.9 Å². The van der Waals surface area contributed by atoms with Crippen molar-refractivity contribution < 1.29 is 28.4 Å². The normalized spacial score (nSPS) is 22.5. The van der Waals surface area contributed by atoms with E-state index in [-0.39, 0.29) is 18.5 Å². The van der Waals surface area contributed by atoms with Gasteiger partial charge >= 0.3 is 23.9 Å². The van der Waals surface area contributed by atoms with Crippen LogP contribution < -0.4 is 10.6 Å². The van der Waals surface area contributed by atoms with E-state index in [1.165, 1.54) is 6.26 Å². The summed E-state index contributed by atoms with van der Waals surface area (Å²) in [6, 6.07) is 1.35. The summed E-state index contributed by atoms with van der Waals surface area (Å²) in [6.45, 7) is 1.31. The Morgan fingerprint density at radius 2 is 1.93 bits per heavy atom. The molecule has 2 aliphatic rings. The monoisotopic (exact) mass is 390 g/mol. The standard InChI is InChI=1S/C18H22N4O6/c1-11-5-2-3-7-13(11)22-16(25)15(24)21(18(22)27)10-14(23)20-17(26)19-9-12-6-4-8-28-12/h4,6,8,11,13H,2-3,5,7,9-10H2,1H3,(H2,19,20,23,26)/t11-,13+/m0/s1. The van der Waals surface area contributed by atoms with Gasteiger partial charge in [-0.15, -0.1) is 0 Å². The van der Waals surface area contributed by atoms with E-state index in [1.807, 2.05) is 12.2 Å². The molecule has 150 valence electrons. The Balaban J connectivity index is 1.56. The first-order chi connectivity index (χ1) is 13.4. The lowest BCUT2D eigenvalue weighted by molar-refractivity contribution is -0.145. The minimum atomic E-state index is -1.05. The number of imide groups is 3. The van der Waals surface area contributed by atoms with Gasteiger partial charge in [0.2, 0.25) is 5.91 Å². The van der Waals surface area contributed by atoms with Crippen LogP contribution in [0.25, 0.3) is 0 Å². The molecule has 0 unspecified atom stereocenters. The lowest BCUT2D eigenvalue weighted by Crippen LogP contribution is -2.48. The first-order valence-corrected chi connectivity index (χ1v) is 9.17.